The number of benzene rings is 1. The molecule has 0 radical (unpaired) electrons. The van der Waals surface area contributed by atoms with Crippen LogP contribution in [0.4, 0.5) is 4.39 Å². The largest absolute Gasteiger partial charge is 0.467 e. The first kappa shape index (κ1) is 21.2. The summed E-state index contributed by atoms with van der Waals surface area (Å²) < 4.78 is 48.5. The van der Waals surface area contributed by atoms with Gasteiger partial charge in [0.2, 0.25) is 10.0 Å². The molecular weight excluding hydrogens is 421 g/mol. The number of hydrogen-bond donors (Lipinski definition) is 1. The predicted molar refractivity (Wildman–Crippen MR) is 105 cm³/mol. The summed E-state index contributed by atoms with van der Waals surface area (Å²) in [6.45, 7) is 2.32. The molecule has 0 saturated heterocycles. The summed E-state index contributed by atoms with van der Waals surface area (Å²) in [5.74, 6) is -0.126. The lowest BCUT2D eigenvalue weighted by Gasteiger charge is -2.19. The number of rotatable bonds is 8. The lowest BCUT2D eigenvalue weighted by atomic mass is 10.1. The van der Waals surface area contributed by atoms with E-state index in [1.165, 1.54) is 43.5 Å². The van der Waals surface area contributed by atoms with Gasteiger partial charge < -0.3 is 4.74 Å². The summed E-state index contributed by atoms with van der Waals surface area (Å²) >= 11 is 5.85. The third kappa shape index (κ3) is 4.89. The average molecular weight is 440 g/mol. The minimum absolute atomic E-state index is 0.0495. The molecule has 0 unspecified atom stereocenters. The Balaban J connectivity index is 1.99. The van der Waals surface area contributed by atoms with E-state index in [1.54, 1.807) is 4.57 Å². The third-order valence-corrected chi connectivity index (χ3v) is 5.92. The second-order valence-electron chi connectivity index (χ2n) is 6.09. The van der Waals surface area contributed by atoms with E-state index in [-0.39, 0.29) is 17.3 Å². The van der Waals surface area contributed by atoms with Crippen LogP contribution in [0.15, 0.2) is 47.5 Å². The number of aromatic nitrogens is 4. The highest BCUT2D eigenvalue weighted by molar-refractivity contribution is 7.89. The molecule has 1 atom stereocenters. The van der Waals surface area contributed by atoms with Gasteiger partial charge in [-0.15, -0.1) is 5.10 Å². The van der Waals surface area contributed by atoms with Crippen LogP contribution in [-0.4, -0.2) is 35.3 Å². The predicted octanol–water partition coefficient (Wildman–Crippen LogP) is 2.76. The van der Waals surface area contributed by atoms with Crippen LogP contribution in [0.5, 0.6) is 6.01 Å². The molecule has 3 rings (SSSR count). The molecule has 0 aliphatic carbocycles. The fraction of sp³-hybridized carbons (Fsp3) is 0.278. The molecule has 2 aromatic heterocycles. The Kier molecular flexibility index (Phi) is 6.46. The number of halogens is 2. The maximum Gasteiger partial charge on any atom is 0.316 e. The first-order chi connectivity index (χ1) is 13.8. The normalized spacial score (nSPS) is 12.7. The second-order valence-corrected chi connectivity index (χ2v) is 8.24. The molecule has 11 heteroatoms. The Labute approximate surface area is 172 Å². The average Bonchev–Trinajstić information content (AvgIpc) is 3.12. The van der Waals surface area contributed by atoms with E-state index in [2.05, 4.69) is 19.9 Å². The van der Waals surface area contributed by atoms with Crippen molar-refractivity contribution in [3.63, 3.8) is 0 Å². The SMILES string of the molecule is CCn1c(OC)nnc1[C@@H](Cc1ccc(F)cn1)NS(=O)(=O)c1ccc(Cl)cc1. The number of ether oxygens (including phenoxy) is 1. The number of pyridine rings is 1. The minimum Gasteiger partial charge on any atom is -0.467 e. The molecule has 3 aromatic rings. The van der Waals surface area contributed by atoms with E-state index >= 15 is 0 Å². The van der Waals surface area contributed by atoms with Crippen molar-refractivity contribution in [2.75, 3.05) is 7.11 Å². The molecule has 0 bridgehead atoms. The van der Waals surface area contributed by atoms with Gasteiger partial charge in [-0.2, -0.15) is 0 Å². The molecule has 1 aromatic carbocycles. The van der Waals surface area contributed by atoms with Crippen molar-refractivity contribution in [1.29, 1.82) is 0 Å². The maximum absolute atomic E-state index is 13.2. The van der Waals surface area contributed by atoms with Crippen molar-refractivity contribution in [3.05, 3.63) is 65.0 Å². The van der Waals surface area contributed by atoms with Gasteiger partial charge in [-0.05, 0) is 43.3 Å². The van der Waals surface area contributed by atoms with E-state index in [1.807, 2.05) is 6.92 Å². The zero-order chi connectivity index (χ0) is 21.0. The summed E-state index contributed by atoms with van der Waals surface area (Å²) in [5.41, 5.74) is 0.486. The molecule has 0 fully saturated rings. The van der Waals surface area contributed by atoms with E-state index in [4.69, 9.17) is 16.3 Å². The van der Waals surface area contributed by atoms with Crippen molar-refractivity contribution >= 4 is 21.6 Å². The van der Waals surface area contributed by atoms with Crippen LogP contribution in [0.2, 0.25) is 5.02 Å². The molecule has 0 aliphatic heterocycles. The van der Waals surface area contributed by atoms with Crippen LogP contribution in [-0.2, 0) is 23.0 Å². The van der Waals surface area contributed by atoms with Crippen LogP contribution in [0.25, 0.3) is 0 Å². The number of sulfonamides is 1. The Morgan fingerprint density at radius 3 is 2.52 bits per heavy atom. The highest BCUT2D eigenvalue weighted by Gasteiger charge is 2.27. The highest BCUT2D eigenvalue weighted by Crippen LogP contribution is 2.23. The van der Waals surface area contributed by atoms with Gasteiger partial charge in [0.25, 0.3) is 0 Å². The topological polar surface area (TPSA) is 99.0 Å². The van der Waals surface area contributed by atoms with Gasteiger partial charge in [-0.25, -0.2) is 17.5 Å². The maximum atomic E-state index is 13.2. The standard InChI is InChI=1S/C18H19ClFN5O3S/c1-3-25-17(22-23-18(25)28-2)16(10-14-7-6-13(20)11-21-14)24-29(26,27)15-8-4-12(19)5-9-15/h4-9,11,16,24H,3,10H2,1-2H3/t16-/m1/s1. The van der Waals surface area contributed by atoms with Crippen LogP contribution in [0.3, 0.4) is 0 Å². The molecule has 1 N–H and O–H groups in total. The third-order valence-electron chi connectivity index (χ3n) is 4.18. The first-order valence-electron chi connectivity index (χ1n) is 8.69. The zero-order valence-electron chi connectivity index (χ0n) is 15.7. The molecule has 0 amide bonds. The van der Waals surface area contributed by atoms with Crippen molar-refractivity contribution < 1.29 is 17.5 Å². The minimum atomic E-state index is -3.91. The van der Waals surface area contributed by atoms with Crippen molar-refractivity contribution in [2.24, 2.45) is 0 Å². The van der Waals surface area contributed by atoms with E-state index in [9.17, 15) is 12.8 Å². The molecule has 154 valence electrons. The van der Waals surface area contributed by atoms with Gasteiger partial charge in [0.15, 0.2) is 5.82 Å². The molecule has 0 aliphatic rings. The van der Waals surface area contributed by atoms with Gasteiger partial charge in [0.05, 0.1) is 24.2 Å². The summed E-state index contributed by atoms with van der Waals surface area (Å²) in [4.78, 5) is 4.07. The summed E-state index contributed by atoms with van der Waals surface area (Å²) in [6, 6.07) is 7.98. The monoisotopic (exact) mass is 439 g/mol. The van der Waals surface area contributed by atoms with Gasteiger partial charge >= 0.3 is 6.01 Å². The van der Waals surface area contributed by atoms with E-state index in [0.717, 1.165) is 6.20 Å². The number of methoxy groups -OCH3 is 1. The Morgan fingerprint density at radius 1 is 1.21 bits per heavy atom. The molecule has 0 spiro atoms. The molecular formula is C18H19ClFN5O3S. The molecule has 8 nitrogen and oxygen atoms in total. The summed E-state index contributed by atoms with van der Waals surface area (Å²) in [6.07, 6.45) is 1.21. The summed E-state index contributed by atoms with van der Waals surface area (Å²) in [5, 5.41) is 8.48. The fourth-order valence-electron chi connectivity index (χ4n) is 2.80. The first-order valence-corrected chi connectivity index (χ1v) is 10.6. The lowest BCUT2D eigenvalue weighted by molar-refractivity contribution is 0.354. The Hall–Kier alpha value is -2.56. The fourth-order valence-corrected chi connectivity index (χ4v) is 4.12. The van der Waals surface area contributed by atoms with Crippen LogP contribution < -0.4 is 9.46 Å². The zero-order valence-corrected chi connectivity index (χ0v) is 17.3. The number of nitrogens with one attached hydrogen (secondary N) is 1. The quantitative estimate of drug-likeness (QED) is 0.579. The van der Waals surface area contributed by atoms with Crippen molar-refractivity contribution in [2.45, 2.75) is 30.8 Å². The highest BCUT2D eigenvalue weighted by atomic mass is 35.5. The number of hydrogen-bond acceptors (Lipinski definition) is 6. The van der Waals surface area contributed by atoms with E-state index < -0.39 is 21.9 Å². The van der Waals surface area contributed by atoms with Crippen LogP contribution in [0.1, 0.15) is 24.5 Å². The second kappa shape index (κ2) is 8.85. The van der Waals surface area contributed by atoms with Gasteiger partial charge in [0, 0.05) is 23.7 Å². The Morgan fingerprint density at radius 2 is 1.93 bits per heavy atom. The molecule has 29 heavy (non-hydrogen) atoms. The Bertz CT molecular complexity index is 1070. The smallest absolute Gasteiger partial charge is 0.316 e. The number of nitrogens with zero attached hydrogens (tertiary/aromatic N) is 4. The van der Waals surface area contributed by atoms with Gasteiger partial charge in [-0.3, -0.25) is 9.55 Å². The van der Waals surface area contributed by atoms with Crippen molar-refractivity contribution in [3.8, 4) is 6.01 Å². The van der Waals surface area contributed by atoms with Crippen LogP contribution >= 0.6 is 11.6 Å². The van der Waals surface area contributed by atoms with Crippen LogP contribution in [0, 0.1) is 5.82 Å². The molecule has 2 heterocycles. The lowest BCUT2D eigenvalue weighted by Crippen LogP contribution is -2.32. The van der Waals surface area contributed by atoms with Gasteiger partial charge in [0.1, 0.15) is 5.82 Å². The van der Waals surface area contributed by atoms with E-state index in [0.29, 0.717) is 23.1 Å². The molecule has 0 saturated carbocycles. The van der Waals surface area contributed by atoms with Crippen molar-refractivity contribution in [1.82, 2.24) is 24.5 Å². The summed E-state index contributed by atoms with van der Waals surface area (Å²) in [7, 11) is -2.45. The van der Waals surface area contributed by atoms with Gasteiger partial charge in [-0.1, -0.05) is 16.7 Å².